The largest absolute Gasteiger partial charge is 0.466 e. The lowest BCUT2D eigenvalue weighted by atomic mass is 10.1. The summed E-state index contributed by atoms with van der Waals surface area (Å²) in [5, 5.41) is 5.83. The first-order chi connectivity index (χ1) is 9.93. The molecule has 21 heavy (non-hydrogen) atoms. The summed E-state index contributed by atoms with van der Waals surface area (Å²) in [6.45, 7) is 8.73. The Morgan fingerprint density at radius 3 is 2.33 bits per heavy atom. The smallest absolute Gasteiger partial charge is 0.307 e. The van der Waals surface area contributed by atoms with Gasteiger partial charge in [-0.15, -0.1) is 0 Å². The zero-order chi connectivity index (χ0) is 15.8. The van der Waals surface area contributed by atoms with Crippen molar-refractivity contribution >= 4 is 17.6 Å². The van der Waals surface area contributed by atoms with Gasteiger partial charge >= 0.3 is 5.97 Å². The number of hydrogen-bond acceptors (Lipinski definition) is 4. The highest BCUT2D eigenvalue weighted by atomic mass is 16.5. The lowest BCUT2D eigenvalue weighted by molar-refractivity contribution is -0.143. The van der Waals surface area contributed by atoms with Gasteiger partial charge in [-0.1, -0.05) is 17.7 Å². The van der Waals surface area contributed by atoms with Crippen LogP contribution in [0.3, 0.4) is 0 Å². The van der Waals surface area contributed by atoms with Crippen LogP contribution in [-0.4, -0.2) is 31.6 Å². The predicted molar refractivity (Wildman–Crippen MR) is 83.4 cm³/mol. The fourth-order valence-electron chi connectivity index (χ4n) is 2.19. The molecule has 0 aliphatic rings. The number of nitrogens with one attached hydrogen (secondary N) is 2. The summed E-state index contributed by atoms with van der Waals surface area (Å²) in [7, 11) is 0. The van der Waals surface area contributed by atoms with Crippen molar-refractivity contribution in [3.63, 3.8) is 0 Å². The Morgan fingerprint density at radius 1 is 1.14 bits per heavy atom. The van der Waals surface area contributed by atoms with E-state index >= 15 is 0 Å². The number of carbonyl (C=O) groups excluding carboxylic acids is 2. The average Bonchev–Trinajstić information content (AvgIpc) is 2.39. The standard InChI is InChI=1S/C16H24N2O3/c1-5-21-15(20)6-7-17-10-14(19)18-16-12(3)8-11(2)9-13(16)4/h8-9,17H,5-7,10H2,1-4H3,(H,18,19). The van der Waals surface area contributed by atoms with Crippen LogP contribution in [0, 0.1) is 20.8 Å². The van der Waals surface area contributed by atoms with Gasteiger partial charge in [-0.05, 0) is 38.8 Å². The van der Waals surface area contributed by atoms with Crippen LogP contribution in [0.15, 0.2) is 12.1 Å². The van der Waals surface area contributed by atoms with E-state index in [2.05, 4.69) is 10.6 Å². The van der Waals surface area contributed by atoms with Gasteiger partial charge < -0.3 is 15.4 Å². The molecule has 0 saturated carbocycles. The number of rotatable bonds is 7. The van der Waals surface area contributed by atoms with E-state index in [0.717, 1.165) is 16.8 Å². The molecule has 1 aromatic carbocycles. The van der Waals surface area contributed by atoms with Crippen molar-refractivity contribution in [2.45, 2.75) is 34.1 Å². The third kappa shape index (κ3) is 5.95. The summed E-state index contributed by atoms with van der Waals surface area (Å²) in [6.07, 6.45) is 0.268. The van der Waals surface area contributed by atoms with E-state index in [4.69, 9.17) is 4.74 Å². The second kappa shape index (κ2) is 8.42. The van der Waals surface area contributed by atoms with Crippen molar-refractivity contribution < 1.29 is 14.3 Å². The summed E-state index contributed by atoms with van der Waals surface area (Å²) in [5.74, 6) is -0.371. The Bertz CT molecular complexity index is 489. The van der Waals surface area contributed by atoms with Crippen LogP contribution in [0.2, 0.25) is 0 Å². The molecule has 5 heteroatoms. The normalized spacial score (nSPS) is 10.3. The highest BCUT2D eigenvalue weighted by Gasteiger charge is 2.08. The lowest BCUT2D eigenvalue weighted by Gasteiger charge is -2.13. The molecule has 1 aromatic rings. The molecule has 0 aliphatic heterocycles. The van der Waals surface area contributed by atoms with E-state index < -0.39 is 0 Å². The molecule has 0 fully saturated rings. The fourth-order valence-corrected chi connectivity index (χ4v) is 2.19. The van der Waals surface area contributed by atoms with Crippen LogP contribution in [0.5, 0.6) is 0 Å². The molecule has 0 radical (unpaired) electrons. The quantitative estimate of drug-likeness (QED) is 0.596. The van der Waals surface area contributed by atoms with E-state index in [1.807, 2.05) is 32.9 Å². The van der Waals surface area contributed by atoms with Gasteiger partial charge in [0.15, 0.2) is 0 Å². The minimum absolute atomic E-state index is 0.117. The summed E-state index contributed by atoms with van der Waals surface area (Å²) in [6, 6.07) is 4.08. The van der Waals surface area contributed by atoms with Crippen LogP contribution < -0.4 is 10.6 Å². The third-order valence-corrected chi connectivity index (χ3v) is 3.04. The maximum absolute atomic E-state index is 11.9. The number of hydrogen-bond donors (Lipinski definition) is 2. The second-order valence-electron chi connectivity index (χ2n) is 5.05. The molecule has 5 nitrogen and oxygen atoms in total. The third-order valence-electron chi connectivity index (χ3n) is 3.04. The first-order valence-electron chi connectivity index (χ1n) is 7.18. The Morgan fingerprint density at radius 2 is 1.76 bits per heavy atom. The number of benzene rings is 1. The van der Waals surface area contributed by atoms with E-state index in [1.54, 1.807) is 6.92 Å². The molecule has 0 aromatic heterocycles. The molecule has 0 heterocycles. The SMILES string of the molecule is CCOC(=O)CCNCC(=O)Nc1c(C)cc(C)cc1C. The maximum atomic E-state index is 11.9. The van der Waals surface area contributed by atoms with Crippen molar-refractivity contribution in [1.29, 1.82) is 0 Å². The molecular weight excluding hydrogens is 268 g/mol. The minimum atomic E-state index is -0.254. The lowest BCUT2D eigenvalue weighted by Crippen LogP contribution is -2.30. The molecule has 2 N–H and O–H groups in total. The minimum Gasteiger partial charge on any atom is -0.466 e. The Balaban J connectivity index is 2.39. The summed E-state index contributed by atoms with van der Waals surface area (Å²) in [4.78, 5) is 23.0. The van der Waals surface area contributed by atoms with Crippen molar-refractivity contribution in [3.05, 3.63) is 28.8 Å². The summed E-state index contributed by atoms with van der Waals surface area (Å²) >= 11 is 0. The van der Waals surface area contributed by atoms with Crippen LogP contribution in [0.1, 0.15) is 30.0 Å². The zero-order valence-corrected chi connectivity index (χ0v) is 13.2. The molecule has 0 unspecified atom stereocenters. The van der Waals surface area contributed by atoms with Gasteiger partial charge in [-0.3, -0.25) is 9.59 Å². The highest BCUT2D eigenvalue weighted by molar-refractivity contribution is 5.93. The number of ether oxygens (including phenoxy) is 1. The molecule has 0 bridgehead atoms. The second-order valence-corrected chi connectivity index (χ2v) is 5.05. The van der Waals surface area contributed by atoms with E-state index in [0.29, 0.717) is 13.2 Å². The monoisotopic (exact) mass is 292 g/mol. The molecule has 1 rings (SSSR count). The van der Waals surface area contributed by atoms with Crippen molar-refractivity contribution in [2.75, 3.05) is 25.0 Å². The van der Waals surface area contributed by atoms with Crippen molar-refractivity contribution in [2.24, 2.45) is 0 Å². The van der Waals surface area contributed by atoms with Crippen LogP contribution in [0.25, 0.3) is 0 Å². The van der Waals surface area contributed by atoms with Gasteiger partial charge in [0, 0.05) is 12.2 Å². The Hall–Kier alpha value is -1.88. The molecule has 0 spiro atoms. The van der Waals surface area contributed by atoms with Crippen LogP contribution >= 0.6 is 0 Å². The molecule has 0 atom stereocenters. The average molecular weight is 292 g/mol. The predicted octanol–water partition coefficient (Wildman–Crippen LogP) is 2.09. The Labute approximate surface area is 126 Å². The van der Waals surface area contributed by atoms with Gasteiger partial charge in [0.05, 0.1) is 19.6 Å². The van der Waals surface area contributed by atoms with Crippen LogP contribution in [0.4, 0.5) is 5.69 Å². The maximum Gasteiger partial charge on any atom is 0.307 e. The number of carbonyl (C=O) groups is 2. The topological polar surface area (TPSA) is 67.4 Å². The number of aryl methyl sites for hydroxylation is 3. The Kier molecular flexibility index (Phi) is 6.88. The van der Waals surface area contributed by atoms with Gasteiger partial charge in [0.25, 0.3) is 0 Å². The van der Waals surface area contributed by atoms with Crippen molar-refractivity contribution in [1.82, 2.24) is 5.32 Å². The van der Waals surface area contributed by atoms with Gasteiger partial charge in [0.2, 0.25) is 5.91 Å². The highest BCUT2D eigenvalue weighted by Crippen LogP contribution is 2.21. The van der Waals surface area contributed by atoms with E-state index in [9.17, 15) is 9.59 Å². The van der Waals surface area contributed by atoms with E-state index in [1.165, 1.54) is 5.56 Å². The first kappa shape index (κ1) is 17.2. The van der Waals surface area contributed by atoms with Crippen LogP contribution in [-0.2, 0) is 14.3 Å². The molecule has 0 aliphatic carbocycles. The number of esters is 1. The molecule has 116 valence electrons. The zero-order valence-electron chi connectivity index (χ0n) is 13.2. The molecule has 0 saturated heterocycles. The molecule has 1 amide bonds. The summed E-state index contributed by atoms with van der Waals surface area (Å²) < 4.78 is 4.81. The first-order valence-corrected chi connectivity index (χ1v) is 7.18. The number of anilines is 1. The number of amides is 1. The van der Waals surface area contributed by atoms with Gasteiger partial charge in [-0.2, -0.15) is 0 Å². The van der Waals surface area contributed by atoms with Crippen molar-refractivity contribution in [3.8, 4) is 0 Å². The summed E-state index contributed by atoms with van der Waals surface area (Å²) in [5.41, 5.74) is 4.13. The van der Waals surface area contributed by atoms with E-state index in [-0.39, 0.29) is 24.8 Å². The van der Waals surface area contributed by atoms with Gasteiger partial charge in [0.1, 0.15) is 0 Å². The van der Waals surface area contributed by atoms with Gasteiger partial charge in [-0.25, -0.2) is 0 Å². The fraction of sp³-hybridized carbons (Fsp3) is 0.500. The molecular formula is C16H24N2O3.